The lowest BCUT2D eigenvalue weighted by Gasteiger charge is -2.20. The third kappa shape index (κ3) is 2.56. The summed E-state index contributed by atoms with van der Waals surface area (Å²) >= 11 is 0. The molecule has 0 saturated carbocycles. The van der Waals surface area contributed by atoms with Crippen molar-refractivity contribution in [1.29, 1.82) is 0 Å². The number of benzene rings is 1. The van der Waals surface area contributed by atoms with Crippen molar-refractivity contribution >= 4 is 0 Å². The molecule has 1 aliphatic carbocycles. The van der Waals surface area contributed by atoms with Gasteiger partial charge in [-0.2, -0.15) is 0 Å². The molecule has 1 aromatic heterocycles. The van der Waals surface area contributed by atoms with Crippen molar-refractivity contribution < 1.29 is 0 Å². The molecule has 0 radical (unpaired) electrons. The third-order valence-corrected chi connectivity index (χ3v) is 4.04. The van der Waals surface area contributed by atoms with Crippen LogP contribution in [0.5, 0.6) is 0 Å². The standard InChI is InChI=1S/C16H21N3/c1-17-15(13-7-3-2-4-8-13)11-19-12-18-14-9-5-6-10-16(14)19/h2-4,7-8,12,15,17H,5-6,9-11H2,1H3. The Morgan fingerprint density at radius 3 is 2.79 bits per heavy atom. The molecule has 0 saturated heterocycles. The van der Waals surface area contributed by atoms with Crippen molar-refractivity contribution in [2.24, 2.45) is 0 Å². The Labute approximate surface area is 114 Å². The number of likely N-dealkylation sites (N-methyl/N-ethyl adjacent to an activating group) is 1. The molecule has 1 unspecified atom stereocenters. The van der Waals surface area contributed by atoms with Crippen LogP contribution in [0.3, 0.4) is 0 Å². The summed E-state index contributed by atoms with van der Waals surface area (Å²) in [4.78, 5) is 4.57. The summed E-state index contributed by atoms with van der Waals surface area (Å²) in [6.45, 7) is 0.961. The van der Waals surface area contributed by atoms with Crippen LogP contribution in [0.25, 0.3) is 0 Å². The summed E-state index contributed by atoms with van der Waals surface area (Å²) in [5.74, 6) is 0. The van der Waals surface area contributed by atoms with Crippen LogP contribution in [0.1, 0.15) is 35.8 Å². The average Bonchev–Trinajstić information content (AvgIpc) is 2.89. The van der Waals surface area contributed by atoms with Crippen molar-refractivity contribution in [1.82, 2.24) is 14.9 Å². The Hall–Kier alpha value is -1.61. The Morgan fingerprint density at radius 2 is 2.00 bits per heavy atom. The predicted octanol–water partition coefficient (Wildman–Crippen LogP) is 2.72. The summed E-state index contributed by atoms with van der Waals surface area (Å²) in [5.41, 5.74) is 4.10. The van der Waals surface area contributed by atoms with E-state index in [0.29, 0.717) is 6.04 Å². The van der Waals surface area contributed by atoms with Gasteiger partial charge in [0.05, 0.1) is 12.0 Å². The first kappa shape index (κ1) is 12.4. The molecule has 3 nitrogen and oxygen atoms in total. The van der Waals surface area contributed by atoms with Gasteiger partial charge in [0.1, 0.15) is 0 Å². The van der Waals surface area contributed by atoms with Crippen LogP contribution in [0.2, 0.25) is 0 Å². The number of aryl methyl sites for hydroxylation is 1. The van der Waals surface area contributed by atoms with Crippen molar-refractivity contribution in [3.63, 3.8) is 0 Å². The number of nitrogens with one attached hydrogen (secondary N) is 1. The van der Waals surface area contributed by atoms with Crippen LogP contribution < -0.4 is 5.32 Å². The van der Waals surface area contributed by atoms with Gasteiger partial charge < -0.3 is 9.88 Å². The van der Waals surface area contributed by atoms with Gasteiger partial charge in [-0.3, -0.25) is 0 Å². The fraction of sp³-hybridized carbons (Fsp3) is 0.438. The fourth-order valence-electron chi connectivity index (χ4n) is 2.93. The Balaban J connectivity index is 1.82. The Kier molecular flexibility index (Phi) is 3.65. The lowest BCUT2D eigenvalue weighted by atomic mass is 10.0. The Bertz CT molecular complexity index is 530. The van der Waals surface area contributed by atoms with Gasteiger partial charge in [0.2, 0.25) is 0 Å². The van der Waals surface area contributed by atoms with E-state index in [2.05, 4.69) is 45.2 Å². The second-order valence-electron chi connectivity index (χ2n) is 5.25. The lowest BCUT2D eigenvalue weighted by molar-refractivity contribution is 0.483. The normalized spacial score (nSPS) is 16.1. The smallest absolute Gasteiger partial charge is 0.0952 e. The van der Waals surface area contributed by atoms with E-state index < -0.39 is 0 Å². The number of nitrogens with zero attached hydrogens (tertiary/aromatic N) is 2. The summed E-state index contributed by atoms with van der Waals surface area (Å²) in [6, 6.07) is 11.0. The molecule has 0 fully saturated rings. The molecule has 0 aliphatic heterocycles. The minimum absolute atomic E-state index is 0.349. The van der Waals surface area contributed by atoms with Gasteiger partial charge >= 0.3 is 0 Å². The molecule has 1 aromatic carbocycles. The van der Waals surface area contributed by atoms with Crippen LogP contribution in [0.15, 0.2) is 36.7 Å². The molecule has 1 N–H and O–H groups in total. The highest BCUT2D eigenvalue weighted by atomic mass is 15.1. The number of aromatic nitrogens is 2. The van der Waals surface area contributed by atoms with Crippen LogP contribution >= 0.6 is 0 Å². The summed E-state index contributed by atoms with van der Waals surface area (Å²) in [5, 5.41) is 3.41. The maximum atomic E-state index is 4.57. The van der Waals surface area contributed by atoms with Gasteiger partial charge in [-0.1, -0.05) is 30.3 Å². The van der Waals surface area contributed by atoms with Crippen LogP contribution in [-0.4, -0.2) is 16.6 Å². The molecule has 1 aliphatic rings. The first-order chi connectivity index (χ1) is 9.38. The van der Waals surface area contributed by atoms with Crippen molar-refractivity contribution in [3.05, 3.63) is 53.6 Å². The number of hydrogen-bond donors (Lipinski definition) is 1. The minimum atomic E-state index is 0.349. The molecule has 1 heterocycles. The second-order valence-corrected chi connectivity index (χ2v) is 5.25. The molecule has 1 atom stereocenters. The van der Waals surface area contributed by atoms with Crippen LogP contribution in [-0.2, 0) is 19.4 Å². The maximum Gasteiger partial charge on any atom is 0.0952 e. The van der Waals surface area contributed by atoms with Crippen LogP contribution in [0.4, 0.5) is 0 Å². The van der Waals surface area contributed by atoms with Gasteiger partial charge in [-0.05, 0) is 38.3 Å². The topological polar surface area (TPSA) is 29.9 Å². The number of imidazole rings is 1. The maximum absolute atomic E-state index is 4.57. The molecule has 3 rings (SSSR count). The molecule has 3 heteroatoms. The van der Waals surface area contributed by atoms with E-state index >= 15 is 0 Å². The summed E-state index contributed by atoms with van der Waals surface area (Å²) in [7, 11) is 2.03. The predicted molar refractivity (Wildman–Crippen MR) is 77.1 cm³/mol. The highest BCUT2D eigenvalue weighted by molar-refractivity contribution is 5.21. The molecular weight excluding hydrogens is 234 g/mol. The molecule has 0 amide bonds. The number of rotatable bonds is 4. The van der Waals surface area contributed by atoms with Crippen LogP contribution in [0, 0.1) is 0 Å². The first-order valence-corrected chi connectivity index (χ1v) is 7.13. The molecular formula is C16H21N3. The van der Waals surface area contributed by atoms with Crippen molar-refractivity contribution in [2.45, 2.75) is 38.3 Å². The van der Waals surface area contributed by atoms with Crippen molar-refractivity contribution in [2.75, 3.05) is 7.05 Å². The number of hydrogen-bond acceptors (Lipinski definition) is 2. The monoisotopic (exact) mass is 255 g/mol. The quantitative estimate of drug-likeness (QED) is 0.910. The summed E-state index contributed by atoms with van der Waals surface area (Å²) < 4.78 is 2.34. The highest BCUT2D eigenvalue weighted by Crippen LogP contribution is 2.22. The fourth-order valence-corrected chi connectivity index (χ4v) is 2.93. The van der Waals surface area contributed by atoms with E-state index in [4.69, 9.17) is 0 Å². The zero-order valence-corrected chi connectivity index (χ0v) is 11.5. The van der Waals surface area contributed by atoms with Gasteiger partial charge in [-0.15, -0.1) is 0 Å². The summed E-state index contributed by atoms with van der Waals surface area (Å²) in [6.07, 6.45) is 6.94. The first-order valence-electron chi connectivity index (χ1n) is 7.13. The number of fused-ring (bicyclic) bond motifs is 1. The highest BCUT2D eigenvalue weighted by Gasteiger charge is 2.17. The minimum Gasteiger partial charge on any atom is -0.332 e. The molecule has 0 spiro atoms. The SMILES string of the molecule is CNC(Cn1cnc2c1CCCC2)c1ccccc1. The molecule has 0 bridgehead atoms. The molecule has 19 heavy (non-hydrogen) atoms. The molecule has 2 aromatic rings. The van der Waals surface area contributed by atoms with Gasteiger partial charge in [0, 0.05) is 18.3 Å². The van der Waals surface area contributed by atoms with E-state index in [9.17, 15) is 0 Å². The molecule has 100 valence electrons. The zero-order chi connectivity index (χ0) is 13.1. The third-order valence-electron chi connectivity index (χ3n) is 4.04. The van der Waals surface area contributed by atoms with E-state index in [-0.39, 0.29) is 0 Å². The largest absolute Gasteiger partial charge is 0.332 e. The Morgan fingerprint density at radius 1 is 1.21 bits per heavy atom. The van der Waals surface area contributed by atoms with E-state index in [0.717, 1.165) is 13.0 Å². The van der Waals surface area contributed by atoms with E-state index in [1.807, 2.05) is 13.4 Å². The second kappa shape index (κ2) is 5.57. The van der Waals surface area contributed by atoms with Crippen molar-refractivity contribution in [3.8, 4) is 0 Å². The lowest BCUT2D eigenvalue weighted by Crippen LogP contribution is -2.23. The van der Waals surface area contributed by atoms with E-state index in [1.54, 1.807) is 0 Å². The van der Waals surface area contributed by atoms with Gasteiger partial charge in [0.25, 0.3) is 0 Å². The van der Waals surface area contributed by atoms with Gasteiger partial charge in [-0.25, -0.2) is 4.98 Å². The van der Waals surface area contributed by atoms with Gasteiger partial charge in [0.15, 0.2) is 0 Å². The van der Waals surface area contributed by atoms with E-state index in [1.165, 1.54) is 36.2 Å². The average molecular weight is 255 g/mol. The zero-order valence-electron chi connectivity index (χ0n) is 11.5.